The topological polar surface area (TPSA) is 46.6 Å². The molecule has 4 nitrogen and oxygen atoms in total. The molecule has 0 fully saturated rings. The Kier molecular flexibility index (Phi) is 5.53. The van der Waals surface area contributed by atoms with E-state index >= 15 is 0 Å². The minimum atomic E-state index is -0.581. The first-order valence-corrected chi connectivity index (χ1v) is 7.18. The van der Waals surface area contributed by atoms with Gasteiger partial charge >= 0.3 is 6.09 Å². The van der Waals surface area contributed by atoms with Gasteiger partial charge in [0.25, 0.3) is 0 Å². The molecule has 21 heavy (non-hydrogen) atoms. The molecule has 0 aliphatic rings. The van der Waals surface area contributed by atoms with Gasteiger partial charge < -0.3 is 9.64 Å². The van der Waals surface area contributed by atoms with Gasteiger partial charge in [-0.3, -0.25) is 4.79 Å². The highest BCUT2D eigenvalue weighted by atomic mass is 16.6. The third-order valence-electron chi connectivity index (χ3n) is 3.06. The van der Waals surface area contributed by atoms with Gasteiger partial charge in [0.2, 0.25) is 0 Å². The summed E-state index contributed by atoms with van der Waals surface area (Å²) in [5.41, 5.74) is 0.0227. The van der Waals surface area contributed by atoms with E-state index in [4.69, 9.17) is 4.74 Å². The highest BCUT2D eigenvalue weighted by Crippen LogP contribution is 2.18. The number of rotatable bonds is 4. The molecule has 0 saturated carbocycles. The maximum Gasteiger partial charge on any atom is 0.410 e. The van der Waals surface area contributed by atoms with Gasteiger partial charge in [-0.25, -0.2) is 4.79 Å². The van der Waals surface area contributed by atoms with Gasteiger partial charge in [0.1, 0.15) is 11.6 Å². The second kappa shape index (κ2) is 6.74. The van der Waals surface area contributed by atoms with E-state index in [0.717, 1.165) is 0 Å². The molecule has 1 aromatic rings. The zero-order valence-electron chi connectivity index (χ0n) is 13.7. The maximum absolute atomic E-state index is 12.6. The molecule has 1 atom stereocenters. The molecular formula is C17H25NO3. The fraction of sp³-hybridized carbons (Fsp3) is 0.529. The number of Topliss-reactive ketones (excluding diaryl/α,β-unsaturated/α-hetero) is 1. The molecule has 116 valence electrons. The maximum atomic E-state index is 12.6. The van der Waals surface area contributed by atoms with Crippen LogP contribution in [0.15, 0.2) is 30.3 Å². The molecule has 0 aliphatic heterocycles. The summed E-state index contributed by atoms with van der Waals surface area (Å²) in [5, 5.41) is 0. The minimum Gasteiger partial charge on any atom is -0.444 e. The van der Waals surface area contributed by atoms with Gasteiger partial charge in [0.15, 0.2) is 5.78 Å². The van der Waals surface area contributed by atoms with Crippen molar-refractivity contribution in [1.82, 2.24) is 4.90 Å². The number of carbonyl (C=O) groups excluding carboxylic acids is 2. The average molecular weight is 291 g/mol. The minimum absolute atomic E-state index is 0.00442. The van der Waals surface area contributed by atoms with Gasteiger partial charge in [0.05, 0.1) is 0 Å². The van der Waals surface area contributed by atoms with Gasteiger partial charge in [-0.2, -0.15) is 0 Å². The molecule has 0 bridgehead atoms. The molecule has 0 heterocycles. The van der Waals surface area contributed by atoms with E-state index in [1.807, 2.05) is 52.8 Å². The Hall–Kier alpha value is -1.84. The zero-order chi connectivity index (χ0) is 16.2. The molecule has 1 aromatic carbocycles. The Morgan fingerprint density at radius 3 is 2.05 bits per heavy atom. The first-order chi connectivity index (χ1) is 9.63. The van der Waals surface area contributed by atoms with Gasteiger partial charge in [-0.15, -0.1) is 0 Å². The largest absolute Gasteiger partial charge is 0.444 e. The predicted molar refractivity (Wildman–Crippen MR) is 83.4 cm³/mol. The number of ether oxygens (including phenoxy) is 1. The van der Waals surface area contributed by atoms with Gasteiger partial charge in [0, 0.05) is 12.6 Å². The molecule has 1 rings (SSSR count). The SMILES string of the molecule is CC(C)C(C(=O)c1ccccc1)N(C)C(=O)OC(C)(C)C. The molecule has 0 radical (unpaired) electrons. The monoisotopic (exact) mass is 291 g/mol. The van der Waals surface area contributed by atoms with Crippen molar-refractivity contribution in [3.63, 3.8) is 0 Å². The van der Waals surface area contributed by atoms with Crippen molar-refractivity contribution in [1.29, 1.82) is 0 Å². The Morgan fingerprint density at radius 2 is 1.62 bits per heavy atom. The van der Waals surface area contributed by atoms with Crippen LogP contribution >= 0.6 is 0 Å². The Morgan fingerprint density at radius 1 is 1.10 bits per heavy atom. The molecule has 0 aliphatic carbocycles. The summed E-state index contributed by atoms with van der Waals surface area (Å²) in [6.45, 7) is 9.27. The number of hydrogen-bond acceptors (Lipinski definition) is 3. The van der Waals surface area contributed by atoms with E-state index in [0.29, 0.717) is 5.56 Å². The van der Waals surface area contributed by atoms with Crippen LogP contribution in [0.25, 0.3) is 0 Å². The first-order valence-electron chi connectivity index (χ1n) is 7.18. The molecule has 1 amide bonds. The summed E-state index contributed by atoms with van der Waals surface area (Å²) >= 11 is 0. The Bertz CT molecular complexity index is 489. The van der Waals surface area contributed by atoms with E-state index in [-0.39, 0.29) is 11.7 Å². The lowest BCUT2D eigenvalue weighted by Crippen LogP contribution is -2.47. The van der Waals surface area contributed by atoms with Crippen LogP contribution < -0.4 is 0 Å². The summed E-state index contributed by atoms with van der Waals surface area (Å²) in [6.07, 6.45) is -0.481. The number of nitrogens with zero attached hydrogens (tertiary/aromatic N) is 1. The predicted octanol–water partition coefficient (Wildman–Crippen LogP) is 3.76. The second-order valence-electron chi connectivity index (χ2n) is 6.51. The van der Waals surface area contributed by atoms with E-state index in [1.165, 1.54) is 4.90 Å². The summed E-state index contributed by atoms with van der Waals surface area (Å²) in [5.74, 6) is -0.0748. The van der Waals surface area contributed by atoms with Crippen LogP contribution in [0.2, 0.25) is 0 Å². The summed E-state index contributed by atoms with van der Waals surface area (Å²) in [6, 6.07) is 8.48. The van der Waals surface area contributed by atoms with Crippen molar-refractivity contribution < 1.29 is 14.3 Å². The normalized spacial score (nSPS) is 12.9. The van der Waals surface area contributed by atoms with Crippen molar-refractivity contribution in [2.75, 3.05) is 7.05 Å². The number of carbonyl (C=O) groups is 2. The number of amides is 1. The van der Waals surface area contributed by atoms with Crippen LogP contribution in [0.4, 0.5) is 4.79 Å². The third-order valence-corrected chi connectivity index (χ3v) is 3.06. The summed E-state index contributed by atoms with van der Waals surface area (Å²) in [7, 11) is 1.61. The lowest BCUT2D eigenvalue weighted by atomic mass is 9.94. The van der Waals surface area contributed by atoms with Crippen LogP contribution in [-0.4, -0.2) is 35.5 Å². The lowest BCUT2D eigenvalue weighted by molar-refractivity contribution is 0.0178. The standard InChI is InChI=1S/C17H25NO3/c1-12(2)14(15(19)13-10-8-7-9-11-13)18(6)16(20)21-17(3,4)5/h7-12,14H,1-6H3. The number of likely N-dealkylation sites (N-methyl/N-ethyl adjacent to an activating group) is 1. The van der Waals surface area contributed by atoms with E-state index in [2.05, 4.69) is 0 Å². The van der Waals surface area contributed by atoms with Crippen LogP contribution in [0.1, 0.15) is 45.0 Å². The third kappa shape index (κ3) is 4.88. The summed E-state index contributed by atoms with van der Waals surface area (Å²) < 4.78 is 5.35. The van der Waals surface area contributed by atoms with Crippen molar-refractivity contribution in [3.05, 3.63) is 35.9 Å². The highest BCUT2D eigenvalue weighted by Gasteiger charge is 2.32. The molecule has 0 N–H and O–H groups in total. The fourth-order valence-electron chi connectivity index (χ4n) is 2.15. The van der Waals surface area contributed by atoms with Crippen LogP contribution in [0.5, 0.6) is 0 Å². The number of hydrogen-bond donors (Lipinski definition) is 0. The number of benzene rings is 1. The van der Waals surface area contributed by atoms with Crippen LogP contribution in [-0.2, 0) is 4.74 Å². The molecule has 0 spiro atoms. The highest BCUT2D eigenvalue weighted by molar-refractivity contribution is 6.01. The van der Waals surface area contributed by atoms with E-state index in [9.17, 15) is 9.59 Å². The van der Waals surface area contributed by atoms with Gasteiger partial charge in [-0.1, -0.05) is 44.2 Å². The average Bonchev–Trinajstić information content (AvgIpc) is 2.37. The van der Waals surface area contributed by atoms with Crippen molar-refractivity contribution in [2.45, 2.75) is 46.3 Å². The fourth-order valence-corrected chi connectivity index (χ4v) is 2.15. The van der Waals surface area contributed by atoms with Crippen molar-refractivity contribution in [2.24, 2.45) is 5.92 Å². The Balaban J connectivity index is 2.97. The molecule has 4 heteroatoms. The van der Waals surface area contributed by atoms with Crippen molar-refractivity contribution in [3.8, 4) is 0 Å². The van der Waals surface area contributed by atoms with Crippen molar-refractivity contribution >= 4 is 11.9 Å². The molecule has 0 aromatic heterocycles. The van der Waals surface area contributed by atoms with E-state index in [1.54, 1.807) is 19.2 Å². The lowest BCUT2D eigenvalue weighted by Gasteiger charge is -2.32. The quantitative estimate of drug-likeness (QED) is 0.793. The number of ketones is 1. The summed E-state index contributed by atoms with van der Waals surface area (Å²) in [4.78, 5) is 26.2. The van der Waals surface area contributed by atoms with E-state index < -0.39 is 17.7 Å². The first kappa shape index (κ1) is 17.2. The molecular weight excluding hydrogens is 266 g/mol. The smallest absolute Gasteiger partial charge is 0.410 e. The molecule has 0 saturated heterocycles. The van der Waals surface area contributed by atoms with Gasteiger partial charge in [-0.05, 0) is 26.7 Å². The Labute approximate surface area is 127 Å². The van der Waals surface area contributed by atoms with Crippen LogP contribution in [0, 0.1) is 5.92 Å². The van der Waals surface area contributed by atoms with Crippen LogP contribution in [0.3, 0.4) is 0 Å². The zero-order valence-corrected chi connectivity index (χ0v) is 13.7. The second-order valence-corrected chi connectivity index (χ2v) is 6.51. The molecule has 1 unspecified atom stereocenters.